The Kier molecular flexibility index (Phi) is 3.69. The van der Waals surface area contributed by atoms with Gasteiger partial charge in [-0.3, -0.25) is 4.98 Å². The van der Waals surface area contributed by atoms with Gasteiger partial charge in [0.1, 0.15) is 15.8 Å². The summed E-state index contributed by atoms with van der Waals surface area (Å²) in [4.78, 5) is 4.10. The van der Waals surface area contributed by atoms with Gasteiger partial charge in [-0.1, -0.05) is 23.5 Å². The van der Waals surface area contributed by atoms with Crippen LogP contribution in [0.25, 0.3) is 10.6 Å². The van der Waals surface area contributed by atoms with E-state index in [1.54, 1.807) is 30.8 Å². The second-order valence-corrected chi connectivity index (χ2v) is 5.33. The highest BCUT2D eigenvalue weighted by Gasteiger charge is 2.07. The van der Waals surface area contributed by atoms with Crippen LogP contribution in [0, 0.1) is 0 Å². The van der Waals surface area contributed by atoms with Crippen molar-refractivity contribution in [1.82, 2.24) is 15.2 Å². The minimum Gasteiger partial charge on any atom is -0.497 e. The highest BCUT2D eigenvalue weighted by Crippen LogP contribution is 2.24. The fraction of sp³-hybridized carbons (Fsp3) is 0.133. The minimum absolute atomic E-state index is 0.780. The van der Waals surface area contributed by atoms with Gasteiger partial charge in [0.2, 0.25) is 0 Å². The van der Waals surface area contributed by atoms with Crippen LogP contribution in [0.2, 0.25) is 0 Å². The maximum Gasteiger partial charge on any atom is 0.149 e. The van der Waals surface area contributed by atoms with Crippen molar-refractivity contribution in [3.05, 3.63) is 59.4 Å². The molecule has 0 unspecified atom stereocenters. The molecule has 1 aromatic carbocycles. The van der Waals surface area contributed by atoms with E-state index in [1.807, 2.05) is 36.4 Å². The van der Waals surface area contributed by atoms with E-state index in [0.29, 0.717) is 0 Å². The average Bonchev–Trinajstić information content (AvgIpc) is 2.97. The standard InChI is InChI=1S/C15H13N3OS/c1-19-13-6-4-11(5-7-13)9-14-17-18-15(20-14)12-3-2-8-16-10-12/h2-8,10H,9H2,1H3. The molecule has 0 bridgehead atoms. The zero-order chi connectivity index (χ0) is 13.8. The predicted octanol–water partition coefficient (Wildman–Crippen LogP) is 3.20. The van der Waals surface area contributed by atoms with Gasteiger partial charge >= 0.3 is 0 Å². The number of ether oxygens (including phenoxy) is 1. The van der Waals surface area contributed by atoms with Crippen LogP contribution in [0.15, 0.2) is 48.8 Å². The first-order valence-corrected chi connectivity index (χ1v) is 7.02. The Morgan fingerprint density at radius 1 is 1.10 bits per heavy atom. The number of pyridine rings is 1. The summed E-state index contributed by atoms with van der Waals surface area (Å²) in [5, 5.41) is 10.4. The Morgan fingerprint density at radius 2 is 1.95 bits per heavy atom. The van der Waals surface area contributed by atoms with E-state index in [9.17, 15) is 0 Å². The van der Waals surface area contributed by atoms with Gasteiger partial charge in [-0.05, 0) is 29.8 Å². The molecule has 0 radical (unpaired) electrons. The van der Waals surface area contributed by atoms with Crippen molar-refractivity contribution in [2.24, 2.45) is 0 Å². The Morgan fingerprint density at radius 3 is 2.65 bits per heavy atom. The Hall–Kier alpha value is -2.27. The van der Waals surface area contributed by atoms with Crippen LogP contribution in [0.4, 0.5) is 0 Å². The quantitative estimate of drug-likeness (QED) is 0.737. The van der Waals surface area contributed by atoms with E-state index in [-0.39, 0.29) is 0 Å². The predicted molar refractivity (Wildman–Crippen MR) is 78.9 cm³/mol. The maximum absolute atomic E-state index is 5.15. The van der Waals surface area contributed by atoms with Crippen LogP contribution in [0.5, 0.6) is 5.75 Å². The molecule has 0 aliphatic carbocycles. The molecule has 2 aromatic heterocycles. The summed E-state index contributed by atoms with van der Waals surface area (Å²) in [6.45, 7) is 0. The SMILES string of the molecule is COc1ccc(Cc2nnc(-c3cccnc3)s2)cc1. The first-order chi connectivity index (χ1) is 9.85. The summed E-state index contributed by atoms with van der Waals surface area (Å²) in [6.07, 6.45) is 4.34. The summed E-state index contributed by atoms with van der Waals surface area (Å²) in [6, 6.07) is 11.9. The Labute approximate surface area is 121 Å². The molecule has 0 saturated heterocycles. The van der Waals surface area contributed by atoms with E-state index in [2.05, 4.69) is 15.2 Å². The number of benzene rings is 1. The van der Waals surface area contributed by atoms with Gasteiger partial charge in [-0.15, -0.1) is 10.2 Å². The third-order valence-corrected chi connectivity index (χ3v) is 3.86. The summed E-state index contributed by atoms with van der Waals surface area (Å²) >= 11 is 1.60. The molecule has 0 atom stereocenters. The molecule has 3 aromatic rings. The zero-order valence-corrected chi connectivity index (χ0v) is 11.8. The summed E-state index contributed by atoms with van der Waals surface area (Å²) < 4.78 is 5.15. The van der Waals surface area contributed by atoms with Crippen molar-refractivity contribution in [2.45, 2.75) is 6.42 Å². The number of methoxy groups -OCH3 is 1. The molecule has 2 heterocycles. The number of nitrogens with zero attached hydrogens (tertiary/aromatic N) is 3. The van der Waals surface area contributed by atoms with Crippen molar-refractivity contribution in [2.75, 3.05) is 7.11 Å². The molecule has 5 heteroatoms. The van der Waals surface area contributed by atoms with Gasteiger partial charge in [0.15, 0.2) is 0 Å². The van der Waals surface area contributed by atoms with Gasteiger partial charge in [0.05, 0.1) is 7.11 Å². The smallest absolute Gasteiger partial charge is 0.149 e. The van der Waals surface area contributed by atoms with Gasteiger partial charge in [0, 0.05) is 24.4 Å². The van der Waals surface area contributed by atoms with E-state index >= 15 is 0 Å². The molecular formula is C15H13N3OS. The topological polar surface area (TPSA) is 47.9 Å². The van der Waals surface area contributed by atoms with E-state index in [1.165, 1.54) is 5.56 Å². The largest absolute Gasteiger partial charge is 0.497 e. The summed E-state index contributed by atoms with van der Waals surface area (Å²) in [5.74, 6) is 0.863. The Bertz CT molecular complexity index is 680. The van der Waals surface area contributed by atoms with Crippen molar-refractivity contribution < 1.29 is 4.74 Å². The van der Waals surface area contributed by atoms with Crippen molar-refractivity contribution in [1.29, 1.82) is 0 Å². The van der Waals surface area contributed by atoms with Crippen LogP contribution in [-0.2, 0) is 6.42 Å². The zero-order valence-electron chi connectivity index (χ0n) is 11.0. The second-order valence-electron chi connectivity index (χ2n) is 4.27. The lowest BCUT2D eigenvalue weighted by atomic mass is 10.1. The highest BCUT2D eigenvalue weighted by atomic mass is 32.1. The Balaban J connectivity index is 1.77. The molecule has 0 fully saturated rings. The van der Waals surface area contributed by atoms with E-state index in [4.69, 9.17) is 4.74 Å². The van der Waals surface area contributed by atoms with Gasteiger partial charge in [-0.2, -0.15) is 0 Å². The minimum atomic E-state index is 0.780. The monoisotopic (exact) mass is 283 g/mol. The molecule has 100 valence electrons. The van der Waals surface area contributed by atoms with Crippen LogP contribution in [0.3, 0.4) is 0 Å². The van der Waals surface area contributed by atoms with Crippen molar-refractivity contribution in [3.8, 4) is 16.3 Å². The fourth-order valence-electron chi connectivity index (χ4n) is 1.85. The average molecular weight is 283 g/mol. The molecule has 3 rings (SSSR count). The number of rotatable bonds is 4. The first-order valence-electron chi connectivity index (χ1n) is 6.21. The molecule has 0 aliphatic heterocycles. The van der Waals surface area contributed by atoms with Crippen LogP contribution in [-0.4, -0.2) is 22.3 Å². The number of hydrogen-bond donors (Lipinski definition) is 0. The third kappa shape index (κ3) is 2.83. The fourth-order valence-corrected chi connectivity index (χ4v) is 2.71. The second kappa shape index (κ2) is 5.79. The van der Waals surface area contributed by atoms with Gasteiger partial charge in [0.25, 0.3) is 0 Å². The molecule has 4 nitrogen and oxygen atoms in total. The third-order valence-electron chi connectivity index (χ3n) is 2.89. The highest BCUT2D eigenvalue weighted by molar-refractivity contribution is 7.14. The summed E-state index contributed by atoms with van der Waals surface area (Å²) in [5.41, 5.74) is 2.20. The number of hydrogen-bond acceptors (Lipinski definition) is 5. The van der Waals surface area contributed by atoms with Crippen molar-refractivity contribution in [3.63, 3.8) is 0 Å². The first kappa shape index (κ1) is 12.7. The van der Waals surface area contributed by atoms with Crippen LogP contribution in [0.1, 0.15) is 10.6 Å². The molecule has 0 amide bonds. The summed E-state index contributed by atoms with van der Waals surface area (Å²) in [7, 11) is 1.67. The molecular weight excluding hydrogens is 270 g/mol. The molecule has 0 N–H and O–H groups in total. The normalized spacial score (nSPS) is 10.4. The number of aromatic nitrogens is 3. The van der Waals surface area contributed by atoms with E-state index < -0.39 is 0 Å². The van der Waals surface area contributed by atoms with E-state index in [0.717, 1.165) is 27.7 Å². The molecule has 0 aliphatic rings. The molecule has 0 saturated carbocycles. The lowest BCUT2D eigenvalue weighted by Gasteiger charge is -2.00. The molecule has 0 spiro atoms. The lowest BCUT2D eigenvalue weighted by molar-refractivity contribution is 0.414. The lowest BCUT2D eigenvalue weighted by Crippen LogP contribution is -1.88. The molecule has 20 heavy (non-hydrogen) atoms. The van der Waals surface area contributed by atoms with Gasteiger partial charge in [-0.25, -0.2) is 0 Å². The maximum atomic E-state index is 5.15. The van der Waals surface area contributed by atoms with Gasteiger partial charge < -0.3 is 4.74 Å². The van der Waals surface area contributed by atoms with Crippen molar-refractivity contribution >= 4 is 11.3 Å². The van der Waals surface area contributed by atoms with Crippen LogP contribution >= 0.6 is 11.3 Å². The van der Waals surface area contributed by atoms with Crippen LogP contribution < -0.4 is 4.74 Å².